The van der Waals surface area contributed by atoms with E-state index in [0.717, 1.165) is 56.0 Å². The Balaban J connectivity index is 1.70. The molecule has 2 aromatic carbocycles. The summed E-state index contributed by atoms with van der Waals surface area (Å²) in [7, 11) is 1.66. The second kappa shape index (κ2) is 12.7. The van der Waals surface area contributed by atoms with Crippen LogP contribution in [0.15, 0.2) is 30.3 Å². The highest BCUT2D eigenvalue weighted by atomic mass is 19.4. The number of unbranched alkanes of at least 4 members (excludes halogenated alkanes) is 1. The van der Waals surface area contributed by atoms with E-state index in [1.807, 2.05) is 4.90 Å². The Labute approximate surface area is 232 Å². The van der Waals surface area contributed by atoms with E-state index in [-0.39, 0.29) is 13.0 Å². The standard InChI is InChI=1S/C29H37F3N6O2/c1-4-37(12-8-7-11-27(39)40)26-17-23-10-6-5-9-22(23)16-24(26)19-38(28-33-35-36(3)34-28)18-21-13-20(2)14-25(15-21)29(30,31)32/h13-17H,4-12,18-19H2,1-3H3,(H,39,40). The van der Waals surface area contributed by atoms with Crippen molar-refractivity contribution in [1.29, 1.82) is 0 Å². The van der Waals surface area contributed by atoms with Gasteiger partial charge in [-0.3, -0.25) is 4.79 Å². The number of rotatable bonds is 12. The average Bonchev–Trinajstić information content (AvgIpc) is 3.33. The van der Waals surface area contributed by atoms with Gasteiger partial charge in [-0.1, -0.05) is 22.8 Å². The molecule has 0 amide bonds. The minimum absolute atomic E-state index is 0.136. The van der Waals surface area contributed by atoms with E-state index in [0.29, 0.717) is 36.6 Å². The minimum atomic E-state index is -4.44. The van der Waals surface area contributed by atoms with Crippen LogP contribution in [-0.4, -0.2) is 44.4 Å². The van der Waals surface area contributed by atoms with Crippen molar-refractivity contribution in [2.75, 3.05) is 22.9 Å². The topological polar surface area (TPSA) is 87.4 Å². The van der Waals surface area contributed by atoms with Crippen molar-refractivity contribution >= 4 is 17.6 Å². The van der Waals surface area contributed by atoms with Crippen LogP contribution >= 0.6 is 0 Å². The summed E-state index contributed by atoms with van der Waals surface area (Å²) in [5.41, 5.74) is 5.10. The number of benzene rings is 2. The Morgan fingerprint density at radius 3 is 2.38 bits per heavy atom. The van der Waals surface area contributed by atoms with E-state index in [1.54, 1.807) is 20.0 Å². The van der Waals surface area contributed by atoms with Crippen LogP contribution in [0.2, 0.25) is 0 Å². The van der Waals surface area contributed by atoms with Crippen LogP contribution in [0, 0.1) is 6.92 Å². The zero-order valence-corrected chi connectivity index (χ0v) is 23.3. The van der Waals surface area contributed by atoms with E-state index in [2.05, 4.69) is 39.4 Å². The number of carbonyl (C=O) groups is 1. The van der Waals surface area contributed by atoms with Gasteiger partial charge in [0, 0.05) is 38.3 Å². The first-order valence-electron chi connectivity index (χ1n) is 13.8. The van der Waals surface area contributed by atoms with Gasteiger partial charge in [0.05, 0.1) is 12.6 Å². The molecule has 8 nitrogen and oxygen atoms in total. The Bertz CT molecular complexity index is 1320. The molecule has 0 radical (unpaired) electrons. The molecule has 0 spiro atoms. The van der Waals surface area contributed by atoms with Gasteiger partial charge in [-0.2, -0.15) is 18.0 Å². The number of alkyl halides is 3. The largest absolute Gasteiger partial charge is 0.481 e. The normalized spacial score (nSPS) is 13.2. The minimum Gasteiger partial charge on any atom is -0.481 e. The van der Waals surface area contributed by atoms with E-state index in [9.17, 15) is 18.0 Å². The molecule has 0 bridgehead atoms. The average molecular weight is 559 g/mol. The predicted molar refractivity (Wildman–Crippen MR) is 147 cm³/mol. The van der Waals surface area contributed by atoms with Crippen molar-refractivity contribution in [1.82, 2.24) is 20.2 Å². The van der Waals surface area contributed by atoms with Gasteiger partial charge in [0.15, 0.2) is 0 Å². The number of carboxylic acids is 1. The van der Waals surface area contributed by atoms with Crippen molar-refractivity contribution in [3.8, 4) is 0 Å². The van der Waals surface area contributed by atoms with Crippen LogP contribution in [0.25, 0.3) is 0 Å². The van der Waals surface area contributed by atoms with E-state index < -0.39 is 17.7 Å². The summed E-state index contributed by atoms with van der Waals surface area (Å²) in [6, 6.07) is 8.57. The molecule has 216 valence electrons. The van der Waals surface area contributed by atoms with E-state index in [1.165, 1.54) is 22.0 Å². The van der Waals surface area contributed by atoms with Crippen LogP contribution in [-0.2, 0) is 43.9 Å². The molecule has 40 heavy (non-hydrogen) atoms. The SMILES string of the molecule is CCN(CCCCC(=O)O)c1cc2c(cc1CN(Cc1cc(C)cc(C(F)(F)F)c1)c1nnn(C)n1)CCCC2. The molecule has 1 aliphatic carbocycles. The number of anilines is 2. The van der Waals surface area contributed by atoms with Gasteiger partial charge >= 0.3 is 12.1 Å². The Morgan fingerprint density at radius 1 is 1.02 bits per heavy atom. The summed E-state index contributed by atoms with van der Waals surface area (Å²) < 4.78 is 40.7. The molecule has 0 unspecified atom stereocenters. The fraction of sp³-hybridized carbons (Fsp3) is 0.517. The van der Waals surface area contributed by atoms with Gasteiger partial charge in [0.2, 0.25) is 0 Å². The molecule has 4 rings (SSSR count). The third kappa shape index (κ3) is 7.51. The van der Waals surface area contributed by atoms with Crippen molar-refractivity contribution < 1.29 is 23.1 Å². The summed E-state index contributed by atoms with van der Waals surface area (Å²) in [5, 5.41) is 21.6. The van der Waals surface area contributed by atoms with Crippen molar-refractivity contribution in [2.24, 2.45) is 7.05 Å². The quantitative estimate of drug-likeness (QED) is 0.285. The molecule has 0 atom stereocenters. The lowest BCUT2D eigenvalue weighted by Crippen LogP contribution is -2.29. The van der Waals surface area contributed by atoms with Crippen LogP contribution in [0.1, 0.15) is 72.4 Å². The zero-order valence-electron chi connectivity index (χ0n) is 23.3. The Hall–Kier alpha value is -3.63. The molecule has 3 aromatic rings. The fourth-order valence-electron chi connectivity index (χ4n) is 5.41. The highest BCUT2D eigenvalue weighted by Gasteiger charge is 2.31. The smallest absolute Gasteiger partial charge is 0.416 e. The lowest BCUT2D eigenvalue weighted by atomic mass is 9.89. The van der Waals surface area contributed by atoms with Gasteiger partial charge < -0.3 is 14.9 Å². The summed E-state index contributed by atoms with van der Waals surface area (Å²) in [5.74, 6) is -0.458. The zero-order chi connectivity index (χ0) is 28.9. The molecule has 0 saturated carbocycles. The molecule has 1 N–H and O–H groups in total. The molecule has 1 heterocycles. The number of fused-ring (bicyclic) bond motifs is 1. The maximum atomic E-state index is 13.6. The maximum absolute atomic E-state index is 13.6. The summed E-state index contributed by atoms with van der Waals surface area (Å²) in [6.45, 7) is 5.76. The fourth-order valence-corrected chi connectivity index (χ4v) is 5.41. The number of hydrogen-bond acceptors (Lipinski definition) is 6. The van der Waals surface area contributed by atoms with Gasteiger partial charge in [-0.15, -0.1) is 5.10 Å². The molecule has 1 aromatic heterocycles. The van der Waals surface area contributed by atoms with Gasteiger partial charge in [0.1, 0.15) is 0 Å². The summed E-state index contributed by atoms with van der Waals surface area (Å²) in [6.07, 6.45) is 1.30. The van der Waals surface area contributed by atoms with Crippen molar-refractivity contribution in [3.05, 3.63) is 63.7 Å². The van der Waals surface area contributed by atoms with Crippen molar-refractivity contribution in [2.45, 2.75) is 78.1 Å². The number of aryl methyl sites for hydroxylation is 4. The highest BCUT2D eigenvalue weighted by molar-refractivity contribution is 5.66. The van der Waals surface area contributed by atoms with Crippen LogP contribution < -0.4 is 9.80 Å². The first kappa shape index (κ1) is 29.4. The lowest BCUT2D eigenvalue weighted by molar-refractivity contribution is -0.138. The molecule has 11 heteroatoms. The number of aromatic nitrogens is 4. The van der Waals surface area contributed by atoms with E-state index in [4.69, 9.17) is 5.11 Å². The molecule has 0 aliphatic heterocycles. The van der Waals surface area contributed by atoms with Crippen molar-refractivity contribution in [3.63, 3.8) is 0 Å². The number of tetrazole rings is 1. The first-order chi connectivity index (χ1) is 19.0. The molecule has 1 aliphatic rings. The monoisotopic (exact) mass is 558 g/mol. The van der Waals surface area contributed by atoms with E-state index >= 15 is 0 Å². The molecular weight excluding hydrogens is 521 g/mol. The lowest BCUT2D eigenvalue weighted by Gasteiger charge is -2.31. The summed E-state index contributed by atoms with van der Waals surface area (Å²) in [4.78, 5) is 16.5. The molecule has 0 saturated heterocycles. The first-order valence-corrected chi connectivity index (χ1v) is 13.8. The highest BCUT2D eigenvalue weighted by Crippen LogP contribution is 2.34. The predicted octanol–water partition coefficient (Wildman–Crippen LogP) is 5.70. The maximum Gasteiger partial charge on any atom is 0.416 e. The third-order valence-electron chi connectivity index (χ3n) is 7.31. The molecule has 0 fully saturated rings. The number of hydrogen-bond donors (Lipinski definition) is 1. The van der Waals surface area contributed by atoms with Crippen LogP contribution in [0.5, 0.6) is 0 Å². The van der Waals surface area contributed by atoms with Gasteiger partial charge in [-0.25, -0.2) is 0 Å². The van der Waals surface area contributed by atoms with Crippen LogP contribution in [0.3, 0.4) is 0 Å². The summed E-state index contributed by atoms with van der Waals surface area (Å²) >= 11 is 0. The number of aliphatic carboxylic acids is 1. The Kier molecular flexibility index (Phi) is 9.32. The van der Waals surface area contributed by atoms with Gasteiger partial charge in [0.25, 0.3) is 5.95 Å². The Morgan fingerprint density at radius 2 is 1.75 bits per heavy atom. The second-order valence-electron chi connectivity index (χ2n) is 10.5. The second-order valence-corrected chi connectivity index (χ2v) is 10.5. The molecular formula is C29H37F3N6O2. The third-order valence-corrected chi connectivity index (χ3v) is 7.31. The number of carboxylic acid groups (broad SMARTS) is 1. The van der Waals surface area contributed by atoms with Gasteiger partial charge in [-0.05, 0) is 98.0 Å². The number of halogens is 3. The number of nitrogens with zero attached hydrogens (tertiary/aromatic N) is 6. The van der Waals surface area contributed by atoms with Crippen LogP contribution in [0.4, 0.5) is 24.8 Å².